The number of aromatic nitrogens is 2. The molecule has 0 bridgehead atoms. The zero-order valence-electron chi connectivity index (χ0n) is 21.7. The average Bonchev–Trinajstić information content (AvgIpc) is 3.36. The number of imidazole rings is 1. The first kappa shape index (κ1) is 27.1. The molecule has 0 spiro atoms. The Morgan fingerprint density at radius 3 is 2.45 bits per heavy atom. The molecule has 8 nitrogen and oxygen atoms in total. The maximum Gasteiger partial charge on any atom is 0.251 e. The molecule has 38 heavy (non-hydrogen) atoms. The van der Waals surface area contributed by atoms with Gasteiger partial charge < -0.3 is 26.3 Å². The van der Waals surface area contributed by atoms with Gasteiger partial charge in [0.1, 0.15) is 5.82 Å². The van der Waals surface area contributed by atoms with Gasteiger partial charge in [-0.1, -0.05) is 12.1 Å². The molecule has 3 aromatic carbocycles. The molecular weight excluding hydrogens is 496 g/mol. The highest BCUT2D eigenvalue weighted by atomic mass is 32.2. The number of nitrogen functional groups attached to an aromatic ring is 1. The van der Waals surface area contributed by atoms with Crippen molar-refractivity contribution in [3.8, 4) is 0 Å². The number of aromatic amines is 1. The Balaban J connectivity index is 1.31. The first-order valence-electron chi connectivity index (χ1n) is 12.7. The third kappa shape index (κ3) is 7.52. The predicted molar refractivity (Wildman–Crippen MR) is 156 cm³/mol. The number of nitrogens with one attached hydrogen (secondary N) is 3. The number of carbonyl (C=O) groups excluding carboxylic acids is 2. The van der Waals surface area contributed by atoms with Crippen molar-refractivity contribution in [1.82, 2.24) is 20.6 Å². The number of nitrogens with two attached hydrogens (primary N) is 1. The van der Waals surface area contributed by atoms with Crippen LogP contribution < -0.4 is 21.3 Å². The van der Waals surface area contributed by atoms with Crippen LogP contribution in [0.1, 0.15) is 41.5 Å². The van der Waals surface area contributed by atoms with E-state index in [-0.39, 0.29) is 17.9 Å². The van der Waals surface area contributed by atoms with Gasteiger partial charge in [-0.05, 0) is 79.9 Å². The van der Waals surface area contributed by atoms with Crippen LogP contribution in [-0.2, 0) is 4.79 Å². The zero-order chi connectivity index (χ0) is 26.9. The highest BCUT2D eigenvalue weighted by molar-refractivity contribution is 8.00. The minimum Gasteiger partial charge on any atom is -0.399 e. The Bertz CT molecular complexity index is 1320. The second kappa shape index (κ2) is 13.0. The fourth-order valence-corrected chi connectivity index (χ4v) is 4.76. The van der Waals surface area contributed by atoms with Crippen LogP contribution in [-0.4, -0.2) is 48.2 Å². The lowest BCUT2D eigenvalue weighted by Crippen LogP contribution is -2.30. The molecule has 0 saturated heterocycles. The lowest BCUT2D eigenvalue weighted by Gasteiger charge is -2.18. The minimum absolute atomic E-state index is 0.00451. The molecule has 9 heteroatoms. The number of hydrogen-bond acceptors (Lipinski definition) is 6. The molecule has 4 rings (SSSR count). The molecule has 1 atom stereocenters. The summed E-state index contributed by atoms with van der Waals surface area (Å²) in [7, 11) is 3.93. The second-order valence-corrected chi connectivity index (χ2v) is 10.4. The Hall–Kier alpha value is -3.98. The van der Waals surface area contributed by atoms with E-state index in [0.717, 1.165) is 40.3 Å². The molecule has 0 aliphatic carbocycles. The summed E-state index contributed by atoms with van der Waals surface area (Å²) in [6.07, 6.45) is 2.30. The summed E-state index contributed by atoms with van der Waals surface area (Å²) in [4.78, 5) is 36.4. The Morgan fingerprint density at radius 2 is 1.74 bits per heavy atom. The normalized spacial score (nSPS) is 11.7. The molecule has 0 radical (unpaired) electrons. The molecule has 0 unspecified atom stereocenters. The molecule has 2 amide bonds. The molecule has 0 fully saturated rings. The summed E-state index contributed by atoms with van der Waals surface area (Å²) < 4.78 is 0. The molecule has 0 saturated carbocycles. The summed E-state index contributed by atoms with van der Waals surface area (Å²) in [5.74, 6) is 0.936. The van der Waals surface area contributed by atoms with E-state index in [1.165, 1.54) is 11.8 Å². The van der Waals surface area contributed by atoms with E-state index in [9.17, 15) is 9.59 Å². The number of fused-ring (bicyclic) bond motifs is 1. The van der Waals surface area contributed by atoms with E-state index in [1.54, 1.807) is 0 Å². The van der Waals surface area contributed by atoms with E-state index in [2.05, 4.69) is 15.6 Å². The first-order valence-corrected chi connectivity index (χ1v) is 13.7. The molecule has 0 aliphatic heterocycles. The lowest BCUT2D eigenvalue weighted by atomic mass is 10.1. The monoisotopic (exact) mass is 530 g/mol. The summed E-state index contributed by atoms with van der Waals surface area (Å²) in [5.41, 5.74) is 9.84. The first-order chi connectivity index (χ1) is 18.4. The highest BCUT2D eigenvalue weighted by Gasteiger charge is 2.19. The van der Waals surface area contributed by atoms with E-state index >= 15 is 0 Å². The molecule has 1 aromatic heterocycles. The van der Waals surface area contributed by atoms with E-state index in [4.69, 9.17) is 10.7 Å². The minimum atomic E-state index is -0.278. The largest absolute Gasteiger partial charge is 0.399 e. The lowest BCUT2D eigenvalue weighted by molar-refractivity contribution is -0.118. The number of anilines is 2. The van der Waals surface area contributed by atoms with Gasteiger partial charge in [-0.2, -0.15) is 0 Å². The van der Waals surface area contributed by atoms with Crippen LogP contribution in [0.25, 0.3) is 11.0 Å². The maximum atomic E-state index is 13.1. The SMILES string of the molecule is CN(C)c1ccc(C(=O)N[C@@H](CCCCNC(=O)CSc2ccc(N)cc2)c2nc3ccccc3[nH]2)cc1. The Kier molecular flexibility index (Phi) is 9.26. The van der Waals surface area contributed by atoms with Crippen molar-refractivity contribution in [3.05, 3.63) is 84.2 Å². The topological polar surface area (TPSA) is 116 Å². The average molecular weight is 531 g/mol. The molecule has 4 aromatic rings. The number of carbonyl (C=O) groups is 2. The predicted octanol–water partition coefficient (Wildman–Crippen LogP) is 4.76. The number of benzene rings is 3. The van der Waals surface area contributed by atoms with Crippen LogP contribution in [0.4, 0.5) is 11.4 Å². The van der Waals surface area contributed by atoms with Crippen molar-refractivity contribution in [3.63, 3.8) is 0 Å². The van der Waals surface area contributed by atoms with E-state index in [1.807, 2.05) is 91.8 Å². The van der Waals surface area contributed by atoms with Gasteiger partial charge in [-0.3, -0.25) is 9.59 Å². The van der Waals surface area contributed by atoms with Crippen molar-refractivity contribution < 1.29 is 9.59 Å². The Morgan fingerprint density at radius 1 is 1.00 bits per heavy atom. The van der Waals surface area contributed by atoms with Gasteiger partial charge >= 0.3 is 0 Å². The Labute approximate surface area is 227 Å². The molecule has 5 N–H and O–H groups in total. The molecular formula is C29H34N6O2S. The van der Waals surface area contributed by atoms with Crippen LogP contribution in [0.15, 0.2) is 77.7 Å². The van der Waals surface area contributed by atoms with Crippen molar-refractivity contribution in [2.24, 2.45) is 0 Å². The summed E-state index contributed by atoms with van der Waals surface area (Å²) in [5, 5.41) is 6.14. The smallest absolute Gasteiger partial charge is 0.251 e. The molecule has 198 valence electrons. The summed E-state index contributed by atoms with van der Waals surface area (Å²) >= 11 is 1.48. The number of thioether (sulfide) groups is 1. The second-order valence-electron chi connectivity index (χ2n) is 9.31. The van der Waals surface area contributed by atoms with Crippen LogP contribution in [0.2, 0.25) is 0 Å². The van der Waals surface area contributed by atoms with Gasteiger partial charge in [-0.15, -0.1) is 11.8 Å². The summed E-state index contributed by atoms with van der Waals surface area (Å²) in [6.45, 7) is 0.577. The highest BCUT2D eigenvalue weighted by Crippen LogP contribution is 2.22. The molecule has 0 aliphatic rings. The van der Waals surface area contributed by atoms with Crippen molar-refractivity contribution >= 4 is 46.0 Å². The van der Waals surface area contributed by atoms with Gasteiger partial charge in [0.25, 0.3) is 5.91 Å². The van der Waals surface area contributed by atoms with Crippen molar-refractivity contribution in [2.75, 3.05) is 37.0 Å². The van der Waals surface area contributed by atoms with Gasteiger partial charge in [0.15, 0.2) is 0 Å². The maximum absolute atomic E-state index is 13.1. The van der Waals surface area contributed by atoms with Gasteiger partial charge in [0.2, 0.25) is 5.91 Å². The van der Waals surface area contributed by atoms with E-state index in [0.29, 0.717) is 30.0 Å². The number of H-pyrrole nitrogens is 1. The zero-order valence-corrected chi connectivity index (χ0v) is 22.6. The molecule has 1 heterocycles. The number of para-hydroxylation sites is 2. The third-order valence-corrected chi connectivity index (χ3v) is 7.19. The van der Waals surface area contributed by atoms with Gasteiger partial charge in [0.05, 0.1) is 22.8 Å². The van der Waals surface area contributed by atoms with Crippen LogP contribution in [0, 0.1) is 0 Å². The fraction of sp³-hybridized carbons (Fsp3) is 0.276. The van der Waals surface area contributed by atoms with Crippen molar-refractivity contribution in [2.45, 2.75) is 30.2 Å². The number of unbranched alkanes of at least 4 members (excludes halogenated alkanes) is 1. The van der Waals surface area contributed by atoms with Crippen LogP contribution in [0.3, 0.4) is 0 Å². The number of amides is 2. The van der Waals surface area contributed by atoms with E-state index < -0.39 is 0 Å². The van der Waals surface area contributed by atoms with Crippen molar-refractivity contribution in [1.29, 1.82) is 0 Å². The third-order valence-electron chi connectivity index (χ3n) is 6.18. The summed E-state index contributed by atoms with van der Waals surface area (Å²) in [6, 6.07) is 22.6. The quantitative estimate of drug-likeness (QED) is 0.119. The van der Waals surface area contributed by atoms with Gasteiger partial charge in [0, 0.05) is 42.5 Å². The van der Waals surface area contributed by atoms with Crippen LogP contribution in [0.5, 0.6) is 0 Å². The standard InChI is InChI=1S/C29H34N6O2S/c1-35(2)22-14-10-20(11-15-22)29(37)34-26(28-32-24-7-3-4-8-25(24)33-28)9-5-6-18-31-27(36)19-38-23-16-12-21(30)13-17-23/h3-4,7-8,10-17,26H,5-6,9,18-19,30H2,1-2H3,(H,31,36)(H,32,33)(H,34,37)/t26-/m0/s1. The number of nitrogens with zero attached hydrogens (tertiary/aromatic N) is 2. The fourth-order valence-electron chi connectivity index (χ4n) is 4.03. The number of rotatable bonds is 12. The van der Waals surface area contributed by atoms with Crippen LogP contribution >= 0.6 is 11.8 Å². The van der Waals surface area contributed by atoms with Gasteiger partial charge in [-0.25, -0.2) is 4.98 Å². The number of hydrogen-bond donors (Lipinski definition) is 4.